The fourth-order valence-corrected chi connectivity index (χ4v) is 3.56. The molecule has 5 nitrogen and oxygen atoms in total. The Balaban J connectivity index is 2.15. The number of hydrogen-bond donors (Lipinski definition) is 2. The summed E-state index contributed by atoms with van der Waals surface area (Å²) in [5.41, 5.74) is 3.91. The van der Waals surface area contributed by atoms with Gasteiger partial charge in [0, 0.05) is 26.3 Å². The Morgan fingerprint density at radius 2 is 2.45 bits per heavy atom. The Bertz CT molecular complexity index is 416. The predicted octanol–water partition coefficient (Wildman–Crippen LogP) is 1.78. The van der Waals surface area contributed by atoms with E-state index in [1.807, 2.05) is 17.9 Å². The minimum absolute atomic E-state index is 0.111. The Kier molecular flexibility index (Phi) is 5.18. The van der Waals surface area contributed by atoms with Crippen molar-refractivity contribution in [3.05, 3.63) is 18.0 Å². The first-order valence-corrected chi connectivity index (χ1v) is 7.68. The monoisotopic (exact) mass is 280 g/mol. The smallest absolute Gasteiger partial charge is 0.0854 e. The van der Waals surface area contributed by atoms with Crippen molar-refractivity contribution in [3.63, 3.8) is 0 Å². The number of nitrogens with one attached hydrogen (secondary N) is 1. The quantitative estimate of drug-likeness (QED) is 0.616. The van der Waals surface area contributed by atoms with Crippen LogP contribution < -0.4 is 11.3 Å². The van der Waals surface area contributed by atoms with Crippen LogP contribution in [0.15, 0.2) is 12.3 Å². The third-order valence-corrected chi connectivity index (χ3v) is 4.44. The number of hydrogen-bond acceptors (Lipinski definition) is 4. The molecule has 5 heteroatoms. The first-order valence-electron chi connectivity index (χ1n) is 7.68. The van der Waals surface area contributed by atoms with Crippen LogP contribution in [0.5, 0.6) is 0 Å². The maximum Gasteiger partial charge on any atom is 0.0854 e. The molecule has 0 radical (unpaired) electrons. The van der Waals surface area contributed by atoms with Crippen LogP contribution in [0.4, 0.5) is 0 Å². The molecule has 1 saturated carbocycles. The molecule has 3 atom stereocenters. The van der Waals surface area contributed by atoms with Crippen LogP contribution >= 0.6 is 0 Å². The van der Waals surface area contributed by atoms with Crippen LogP contribution in [-0.4, -0.2) is 28.0 Å². The number of nitrogens with two attached hydrogens (primary N) is 1. The Hall–Kier alpha value is -0.910. The molecule has 1 heterocycles. The lowest BCUT2D eigenvalue weighted by molar-refractivity contribution is -0.100. The van der Waals surface area contributed by atoms with E-state index >= 15 is 0 Å². The molecule has 0 amide bonds. The Labute approximate surface area is 121 Å². The molecule has 20 heavy (non-hydrogen) atoms. The first kappa shape index (κ1) is 15.5. The molecule has 1 aliphatic rings. The second-order valence-electron chi connectivity index (χ2n) is 6.10. The van der Waals surface area contributed by atoms with Gasteiger partial charge in [0.15, 0.2) is 0 Å². The van der Waals surface area contributed by atoms with Crippen LogP contribution in [0.3, 0.4) is 0 Å². The Morgan fingerprint density at radius 1 is 1.65 bits per heavy atom. The summed E-state index contributed by atoms with van der Waals surface area (Å²) in [7, 11) is 1.94. The lowest BCUT2D eigenvalue weighted by atomic mass is 9.73. The van der Waals surface area contributed by atoms with E-state index in [-0.39, 0.29) is 11.6 Å². The van der Waals surface area contributed by atoms with Crippen molar-refractivity contribution in [2.75, 3.05) is 6.61 Å². The normalized spacial score (nSPS) is 28.5. The zero-order valence-electron chi connectivity index (χ0n) is 12.9. The van der Waals surface area contributed by atoms with E-state index in [1.54, 1.807) is 0 Å². The van der Waals surface area contributed by atoms with Crippen LogP contribution in [0.2, 0.25) is 0 Å². The van der Waals surface area contributed by atoms with Gasteiger partial charge in [-0.1, -0.05) is 19.8 Å². The average molecular weight is 280 g/mol. The second-order valence-corrected chi connectivity index (χ2v) is 6.10. The van der Waals surface area contributed by atoms with E-state index in [1.165, 1.54) is 12.8 Å². The summed E-state index contributed by atoms with van der Waals surface area (Å²) < 4.78 is 8.03. The fraction of sp³-hybridized carbons (Fsp3) is 0.800. The van der Waals surface area contributed by atoms with Gasteiger partial charge in [-0.15, -0.1) is 0 Å². The van der Waals surface area contributed by atoms with E-state index in [0.717, 1.165) is 31.6 Å². The molecule has 0 aliphatic heterocycles. The van der Waals surface area contributed by atoms with Gasteiger partial charge in [-0.2, -0.15) is 5.10 Å². The summed E-state index contributed by atoms with van der Waals surface area (Å²) in [5.74, 6) is 6.54. The largest absolute Gasteiger partial charge is 0.374 e. The fourth-order valence-electron chi connectivity index (χ4n) is 3.56. The maximum absolute atomic E-state index is 6.20. The van der Waals surface area contributed by atoms with Gasteiger partial charge in [0.1, 0.15) is 0 Å². The molecular weight excluding hydrogens is 252 g/mol. The lowest BCUT2D eigenvalue weighted by Crippen LogP contribution is -2.58. The zero-order chi connectivity index (χ0) is 14.6. The van der Waals surface area contributed by atoms with Gasteiger partial charge in [0.2, 0.25) is 0 Å². The number of rotatable bonds is 6. The van der Waals surface area contributed by atoms with E-state index in [4.69, 9.17) is 10.6 Å². The van der Waals surface area contributed by atoms with Crippen molar-refractivity contribution >= 4 is 0 Å². The van der Waals surface area contributed by atoms with Crippen molar-refractivity contribution in [1.82, 2.24) is 15.2 Å². The van der Waals surface area contributed by atoms with Gasteiger partial charge in [-0.25, -0.2) is 0 Å². The predicted molar refractivity (Wildman–Crippen MR) is 80.0 cm³/mol. The summed E-state index contributed by atoms with van der Waals surface area (Å²) >= 11 is 0. The molecule has 0 saturated heterocycles. The molecule has 114 valence electrons. The number of aromatic nitrogens is 2. The molecule has 0 spiro atoms. The first-order chi connectivity index (χ1) is 9.59. The van der Waals surface area contributed by atoms with E-state index in [9.17, 15) is 0 Å². The lowest BCUT2D eigenvalue weighted by Gasteiger charge is -2.45. The molecule has 3 N–H and O–H groups in total. The molecular formula is C15H28N4O. The summed E-state index contributed by atoms with van der Waals surface area (Å²) in [4.78, 5) is 0. The maximum atomic E-state index is 6.20. The third kappa shape index (κ3) is 3.40. The topological polar surface area (TPSA) is 65.1 Å². The summed E-state index contributed by atoms with van der Waals surface area (Å²) in [5, 5.41) is 4.47. The van der Waals surface area contributed by atoms with Crippen molar-refractivity contribution < 1.29 is 4.74 Å². The van der Waals surface area contributed by atoms with Crippen molar-refractivity contribution in [1.29, 1.82) is 0 Å². The molecule has 1 aromatic heterocycles. The highest BCUT2D eigenvalue weighted by atomic mass is 16.5. The van der Waals surface area contributed by atoms with Crippen LogP contribution in [0.25, 0.3) is 0 Å². The van der Waals surface area contributed by atoms with Gasteiger partial charge in [0.05, 0.1) is 17.3 Å². The highest BCUT2D eigenvalue weighted by Gasteiger charge is 2.42. The molecule has 3 unspecified atom stereocenters. The number of nitrogens with zero attached hydrogens (tertiary/aromatic N) is 2. The van der Waals surface area contributed by atoms with E-state index < -0.39 is 0 Å². The molecule has 1 aliphatic carbocycles. The summed E-state index contributed by atoms with van der Waals surface area (Å²) in [6, 6.07) is 2.16. The highest BCUT2D eigenvalue weighted by molar-refractivity contribution is 5.07. The van der Waals surface area contributed by atoms with Crippen molar-refractivity contribution in [2.24, 2.45) is 18.8 Å². The average Bonchev–Trinajstić information content (AvgIpc) is 2.82. The molecule has 0 bridgehead atoms. The second kappa shape index (κ2) is 6.70. The van der Waals surface area contributed by atoms with Crippen LogP contribution in [0.1, 0.15) is 45.2 Å². The van der Waals surface area contributed by atoms with E-state index in [0.29, 0.717) is 5.92 Å². The SMILES string of the molecule is CCOC1(C(Cc2ccn(C)n2)NN)CCCC(C)C1. The molecule has 1 aromatic rings. The third-order valence-electron chi connectivity index (χ3n) is 4.44. The van der Waals surface area contributed by atoms with Crippen LogP contribution in [0, 0.1) is 5.92 Å². The number of ether oxygens (including phenoxy) is 1. The highest BCUT2D eigenvalue weighted by Crippen LogP contribution is 2.38. The molecule has 1 fully saturated rings. The van der Waals surface area contributed by atoms with Gasteiger partial charge in [0.25, 0.3) is 0 Å². The zero-order valence-corrected chi connectivity index (χ0v) is 12.9. The minimum Gasteiger partial charge on any atom is -0.374 e. The molecule has 2 rings (SSSR count). The van der Waals surface area contributed by atoms with Gasteiger partial charge in [-0.3, -0.25) is 16.0 Å². The van der Waals surface area contributed by atoms with Crippen LogP contribution in [-0.2, 0) is 18.2 Å². The van der Waals surface area contributed by atoms with Gasteiger partial charge < -0.3 is 4.74 Å². The summed E-state index contributed by atoms with van der Waals surface area (Å²) in [6.07, 6.45) is 7.43. The van der Waals surface area contributed by atoms with Crippen molar-refractivity contribution in [2.45, 2.75) is 57.6 Å². The standard InChI is InChI=1S/C15H28N4O/c1-4-20-15(8-5-6-12(2)11-15)14(17-16)10-13-7-9-19(3)18-13/h7,9,12,14,17H,4-6,8,10-11,16H2,1-3H3. The van der Waals surface area contributed by atoms with Gasteiger partial charge in [-0.05, 0) is 31.7 Å². The number of aryl methyl sites for hydroxylation is 1. The molecule has 0 aromatic carbocycles. The number of hydrazine groups is 1. The summed E-state index contributed by atoms with van der Waals surface area (Å²) in [6.45, 7) is 5.10. The van der Waals surface area contributed by atoms with Gasteiger partial charge >= 0.3 is 0 Å². The Morgan fingerprint density at radius 3 is 3.00 bits per heavy atom. The van der Waals surface area contributed by atoms with Crippen molar-refractivity contribution in [3.8, 4) is 0 Å². The minimum atomic E-state index is -0.154. The van der Waals surface area contributed by atoms with E-state index in [2.05, 4.69) is 30.4 Å².